The lowest BCUT2D eigenvalue weighted by molar-refractivity contribution is 0.0949. The first-order valence-electron chi connectivity index (χ1n) is 8.51. The summed E-state index contributed by atoms with van der Waals surface area (Å²) in [4.78, 5) is 12.8. The van der Waals surface area contributed by atoms with Crippen LogP contribution in [0.3, 0.4) is 0 Å². The fraction of sp³-hybridized carbons (Fsp3) is 0.474. The Bertz CT molecular complexity index is 726. The Kier molecular flexibility index (Phi) is 4.24. The van der Waals surface area contributed by atoms with Gasteiger partial charge in [-0.1, -0.05) is 39.0 Å². The second kappa shape index (κ2) is 6.19. The highest BCUT2D eigenvalue weighted by molar-refractivity contribution is 5.97. The van der Waals surface area contributed by atoms with Crippen molar-refractivity contribution in [3.05, 3.63) is 46.8 Å². The first-order valence-corrected chi connectivity index (χ1v) is 8.51. The molecule has 0 radical (unpaired) electrons. The summed E-state index contributed by atoms with van der Waals surface area (Å²) in [6, 6.07) is 8.54. The van der Waals surface area contributed by atoms with Gasteiger partial charge in [-0.25, -0.2) is 4.68 Å². The van der Waals surface area contributed by atoms with E-state index in [9.17, 15) is 4.79 Å². The molecule has 122 valence electrons. The minimum Gasteiger partial charge on any atom is -0.349 e. The number of aromatic nitrogens is 2. The van der Waals surface area contributed by atoms with Crippen LogP contribution in [0.5, 0.6) is 0 Å². The smallest absolute Gasteiger partial charge is 0.255 e. The van der Waals surface area contributed by atoms with Gasteiger partial charge in [-0.15, -0.1) is 0 Å². The standard InChI is InChI=1S/C19H25N3O/c1-5-15-17(19(23)20-14-10-11-14)18(12(2)3)21-22(15)16-9-7-6-8-13(16)4/h6-9,12,14H,5,10-11H2,1-4H3,(H,20,23). The molecule has 0 atom stereocenters. The molecular weight excluding hydrogens is 286 g/mol. The zero-order valence-corrected chi connectivity index (χ0v) is 14.4. The SMILES string of the molecule is CCc1c(C(=O)NC2CC2)c(C(C)C)nn1-c1ccccc1C. The molecule has 4 heteroatoms. The first kappa shape index (κ1) is 15.8. The third kappa shape index (κ3) is 3.03. The lowest BCUT2D eigenvalue weighted by atomic mass is 10.0. The number of nitrogens with zero attached hydrogens (tertiary/aromatic N) is 2. The number of carbonyl (C=O) groups is 1. The van der Waals surface area contributed by atoms with Crippen molar-refractivity contribution in [3.8, 4) is 5.69 Å². The number of benzene rings is 1. The summed E-state index contributed by atoms with van der Waals surface area (Å²) in [5, 5.41) is 7.94. The average molecular weight is 311 g/mol. The summed E-state index contributed by atoms with van der Waals surface area (Å²) >= 11 is 0. The second-order valence-electron chi connectivity index (χ2n) is 6.66. The van der Waals surface area contributed by atoms with Crippen molar-refractivity contribution in [2.45, 2.75) is 58.9 Å². The van der Waals surface area contributed by atoms with Crippen LogP contribution >= 0.6 is 0 Å². The maximum Gasteiger partial charge on any atom is 0.255 e. The molecule has 1 fully saturated rings. The molecule has 1 saturated carbocycles. The van der Waals surface area contributed by atoms with E-state index in [1.165, 1.54) is 0 Å². The Morgan fingerprint density at radius 3 is 2.61 bits per heavy atom. The lowest BCUT2D eigenvalue weighted by Gasteiger charge is -2.10. The summed E-state index contributed by atoms with van der Waals surface area (Å²) in [7, 11) is 0. The van der Waals surface area contributed by atoms with Gasteiger partial charge in [0, 0.05) is 6.04 Å². The maximum atomic E-state index is 12.8. The van der Waals surface area contributed by atoms with Crippen LogP contribution < -0.4 is 5.32 Å². The minimum absolute atomic E-state index is 0.0351. The molecule has 23 heavy (non-hydrogen) atoms. The number of amides is 1. The third-order valence-electron chi connectivity index (χ3n) is 4.37. The number of carbonyl (C=O) groups excluding carboxylic acids is 1. The highest BCUT2D eigenvalue weighted by Crippen LogP contribution is 2.28. The Labute approximate surface area is 137 Å². The zero-order chi connectivity index (χ0) is 16.6. The van der Waals surface area contributed by atoms with Crippen molar-refractivity contribution in [2.24, 2.45) is 0 Å². The van der Waals surface area contributed by atoms with Gasteiger partial charge >= 0.3 is 0 Å². The highest BCUT2D eigenvalue weighted by Gasteiger charge is 2.29. The Balaban J connectivity index is 2.13. The van der Waals surface area contributed by atoms with E-state index >= 15 is 0 Å². The molecule has 1 aromatic heterocycles. The number of nitrogens with one attached hydrogen (secondary N) is 1. The van der Waals surface area contributed by atoms with E-state index < -0.39 is 0 Å². The van der Waals surface area contributed by atoms with Gasteiger partial charge in [0.15, 0.2) is 0 Å². The van der Waals surface area contributed by atoms with E-state index in [1.807, 2.05) is 16.8 Å². The van der Waals surface area contributed by atoms with Crippen LogP contribution in [0, 0.1) is 6.92 Å². The van der Waals surface area contributed by atoms with E-state index in [1.54, 1.807) is 0 Å². The minimum atomic E-state index is 0.0351. The van der Waals surface area contributed by atoms with E-state index in [0.717, 1.165) is 47.5 Å². The van der Waals surface area contributed by atoms with Gasteiger partial charge in [0.2, 0.25) is 0 Å². The molecule has 0 aliphatic heterocycles. The number of hydrogen-bond donors (Lipinski definition) is 1. The molecule has 1 amide bonds. The Morgan fingerprint density at radius 1 is 1.35 bits per heavy atom. The molecule has 1 aliphatic rings. The molecule has 0 spiro atoms. The lowest BCUT2D eigenvalue weighted by Crippen LogP contribution is -2.27. The van der Waals surface area contributed by atoms with Crippen LogP contribution in [0.15, 0.2) is 24.3 Å². The van der Waals surface area contributed by atoms with Crippen LogP contribution in [0.1, 0.15) is 66.8 Å². The molecule has 3 rings (SSSR count). The monoisotopic (exact) mass is 311 g/mol. The third-order valence-corrected chi connectivity index (χ3v) is 4.37. The first-order chi connectivity index (χ1) is 11.0. The number of para-hydroxylation sites is 1. The van der Waals surface area contributed by atoms with Crippen LogP contribution in [0.4, 0.5) is 0 Å². The van der Waals surface area contributed by atoms with Crippen molar-refractivity contribution in [1.82, 2.24) is 15.1 Å². The van der Waals surface area contributed by atoms with Crippen molar-refractivity contribution in [3.63, 3.8) is 0 Å². The average Bonchev–Trinajstić information content (AvgIpc) is 3.24. The van der Waals surface area contributed by atoms with E-state index in [0.29, 0.717) is 6.04 Å². The molecule has 1 aromatic carbocycles. The van der Waals surface area contributed by atoms with Crippen LogP contribution in [0.2, 0.25) is 0 Å². The summed E-state index contributed by atoms with van der Waals surface area (Å²) in [6.07, 6.45) is 2.97. The Morgan fingerprint density at radius 2 is 2.04 bits per heavy atom. The molecule has 2 aromatic rings. The summed E-state index contributed by atoms with van der Waals surface area (Å²) < 4.78 is 1.96. The van der Waals surface area contributed by atoms with E-state index in [2.05, 4.69) is 45.1 Å². The van der Waals surface area contributed by atoms with Crippen molar-refractivity contribution >= 4 is 5.91 Å². The predicted octanol–water partition coefficient (Wildman–Crippen LogP) is 3.76. The van der Waals surface area contributed by atoms with Crippen molar-refractivity contribution in [1.29, 1.82) is 0 Å². The molecule has 1 aliphatic carbocycles. The molecule has 4 nitrogen and oxygen atoms in total. The molecule has 0 unspecified atom stereocenters. The van der Waals surface area contributed by atoms with E-state index in [4.69, 9.17) is 5.10 Å². The number of aryl methyl sites for hydroxylation is 1. The molecule has 0 bridgehead atoms. The van der Waals surface area contributed by atoms with Crippen LogP contribution in [-0.4, -0.2) is 21.7 Å². The molecule has 1 heterocycles. The van der Waals surface area contributed by atoms with Gasteiger partial charge in [-0.2, -0.15) is 5.10 Å². The fourth-order valence-corrected chi connectivity index (χ4v) is 2.94. The normalized spacial score (nSPS) is 14.3. The summed E-state index contributed by atoms with van der Waals surface area (Å²) in [5.41, 5.74) is 4.88. The van der Waals surface area contributed by atoms with E-state index in [-0.39, 0.29) is 11.8 Å². The maximum absolute atomic E-state index is 12.8. The number of hydrogen-bond acceptors (Lipinski definition) is 2. The molecule has 0 saturated heterocycles. The fourth-order valence-electron chi connectivity index (χ4n) is 2.94. The van der Waals surface area contributed by atoms with Gasteiger partial charge in [0.05, 0.1) is 22.6 Å². The largest absolute Gasteiger partial charge is 0.349 e. The van der Waals surface area contributed by atoms with Gasteiger partial charge < -0.3 is 5.32 Å². The van der Waals surface area contributed by atoms with Crippen molar-refractivity contribution < 1.29 is 4.79 Å². The predicted molar refractivity (Wildman–Crippen MR) is 92.3 cm³/mol. The topological polar surface area (TPSA) is 46.9 Å². The van der Waals surface area contributed by atoms with Gasteiger partial charge in [-0.05, 0) is 43.7 Å². The molecule has 1 N–H and O–H groups in total. The number of rotatable bonds is 5. The van der Waals surface area contributed by atoms with Crippen LogP contribution in [-0.2, 0) is 6.42 Å². The van der Waals surface area contributed by atoms with Gasteiger partial charge in [0.25, 0.3) is 5.91 Å². The molecular formula is C19H25N3O. The van der Waals surface area contributed by atoms with Gasteiger partial charge in [0.1, 0.15) is 0 Å². The highest BCUT2D eigenvalue weighted by atomic mass is 16.1. The van der Waals surface area contributed by atoms with Gasteiger partial charge in [-0.3, -0.25) is 4.79 Å². The van der Waals surface area contributed by atoms with Crippen LogP contribution in [0.25, 0.3) is 5.69 Å². The second-order valence-corrected chi connectivity index (χ2v) is 6.66. The zero-order valence-electron chi connectivity index (χ0n) is 14.4. The van der Waals surface area contributed by atoms with Crippen molar-refractivity contribution in [2.75, 3.05) is 0 Å². The summed E-state index contributed by atoms with van der Waals surface area (Å²) in [6.45, 7) is 8.36. The summed E-state index contributed by atoms with van der Waals surface area (Å²) in [5.74, 6) is 0.249. The quantitative estimate of drug-likeness (QED) is 0.914. The Hall–Kier alpha value is -2.10.